The summed E-state index contributed by atoms with van der Waals surface area (Å²) in [5, 5.41) is 6.84. The van der Waals surface area contributed by atoms with Gasteiger partial charge in [-0.3, -0.25) is 4.79 Å². The van der Waals surface area contributed by atoms with E-state index in [9.17, 15) is 13.2 Å². The molecule has 1 aromatic rings. The Morgan fingerprint density at radius 1 is 1.21 bits per heavy atom. The highest BCUT2D eigenvalue weighted by molar-refractivity contribution is 7.90. The van der Waals surface area contributed by atoms with Crippen molar-refractivity contribution in [3.8, 4) is 0 Å². The minimum atomic E-state index is -3.14. The third kappa shape index (κ3) is 8.07. The molecular formula is C22H37N3O3S. The SMILES string of the molecule is CCC(NCCCCN1CCCNCC1=O)[C@@H](C)Cc1ccc(S(C)(=O)=O)cc1. The Bertz CT molecular complexity index is 734. The van der Waals surface area contributed by atoms with Crippen molar-refractivity contribution in [1.29, 1.82) is 0 Å². The number of nitrogens with zero attached hydrogens (tertiary/aromatic N) is 1. The van der Waals surface area contributed by atoms with E-state index in [1.54, 1.807) is 12.1 Å². The number of benzene rings is 1. The van der Waals surface area contributed by atoms with Gasteiger partial charge in [-0.2, -0.15) is 0 Å². The molecule has 1 aliphatic heterocycles. The Hall–Kier alpha value is -1.44. The van der Waals surface area contributed by atoms with E-state index in [1.807, 2.05) is 17.0 Å². The van der Waals surface area contributed by atoms with E-state index in [4.69, 9.17) is 0 Å². The van der Waals surface area contributed by atoms with Gasteiger partial charge in [-0.15, -0.1) is 0 Å². The van der Waals surface area contributed by atoms with Crippen molar-refractivity contribution in [2.75, 3.05) is 39.0 Å². The quantitative estimate of drug-likeness (QED) is 0.534. The molecule has 2 N–H and O–H groups in total. The summed E-state index contributed by atoms with van der Waals surface area (Å²) >= 11 is 0. The van der Waals surface area contributed by atoms with Crippen molar-refractivity contribution >= 4 is 15.7 Å². The van der Waals surface area contributed by atoms with Gasteiger partial charge >= 0.3 is 0 Å². The van der Waals surface area contributed by atoms with Gasteiger partial charge in [0, 0.05) is 25.4 Å². The zero-order valence-electron chi connectivity index (χ0n) is 18.1. The Balaban J connectivity index is 1.72. The lowest BCUT2D eigenvalue weighted by Crippen LogP contribution is -2.37. The van der Waals surface area contributed by atoms with Crippen LogP contribution in [0.4, 0.5) is 0 Å². The predicted molar refractivity (Wildman–Crippen MR) is 118 cm³/mol. The second-order valence-electron chi connectivity index (χ2n) is 8.18. The molecular weight excluding hydrogens is 386 g/mol. The maximum atomic E-state index is 12.0. The minimum absolute atomic E-state index is 0.220. The first kappa shape index (κ1) is 23.8. The normalized spacial score (nSPS) is 17.8. The largest absolute Gasteiger partial charge is 0.342 e. The topological polar surface area (TPSA) is 78.5 Å². The van der Waals surface area contributed by atoms with Crippen LogP contribution in [0.3, 0.4) is 0 Å². The van der Waals surface area contributed by atoms with Crippen LogP contribution in [-0.2, 0) is 21.1 Å². The van der Waals surface area contributed by atoms with E-state index in [2.05, 4.69) is 24.5 Å². The molecule has 1 fully saturated rings. The van der Waals surface area contributed by atoms with E-state index >= 15 is 0 Å². The summed E-state index contributed by atoms with van der Waals surface area (Å²) in [6.45, 7) is 8.51. The van der Waals surface area contributed by atoms with Crippen molar-refractivity contribution in [3.63, 3.8) is 0 Å². The second-order valence-corrected chi connectivity index (χ2v) is 10.2. The molecule has 29 heavy (non-hydrogen) atoms. The minimum Gasteiger partial charge on any atom is -0.342 e. The second kappa shape index (κ2) is 11.7. The zero-order chi connectivity index (χ0) is 21.3. The Morgan fingerprint density at radius 2 is 1.93 bits per heavy atom. The number of unbranched alkanes of at least 4 members (excludes halogenated alkanes) is 1. The standard InChI is InChI=1S/C22H37N3O3S/c1-4-21(18(2)16-19-8-10-20(11-9-19)29(3,27)28)24-13-5-6-14-25-15-7-12-23-17-22(25)26/h8-11,18,21,23-24H,4-7,12-17H2,1-3H3/t18-,21?/m0/s1. The van der Waals surface area contributed by atoms with Crippen LogP contribution in [0.2, 0.25) is 0 Å². The lowest BCUT2D eigenvalue weighted by Gasteiger charge is -2.25. The molecule has 0 radical (unpaired) electrons. The summed E-state index contributed by atoms with van der Waals surface area (Å²) < 4.78 is 23.2. The molecule has 1 amide bonds. The number of carbonyl (C=O) groups is 1. The Kier molecular flexibility index (Phi) is 9.59. The third-order valence-corrected chi connectivity index (χ3v) is 6.84. The van der Waals surface area contributed by atoms with Gasteiger partial charge in [-0.05, 0) is 68.8 Å². The van der Waals surface area contributed by atoms with Crippen LogP contribution in [-0.4, -0.2) is 64.2 Å². The number of hydrogen-bond donors (Lipinski definition) is 2. The summed E-state index contributed by atoms with van der Waals surface area (Å²) in [5.74, 6) is 0.680. The van der Waals surface area contributed by atoms with E-state index in [1.165, 1.54) is 11.8 Å². The molecule has 0 aromatic heterocycles. The maximum absolute atomic E-state index is 12.0. The maximum Gasteiger partial charge on any atom is 0.236 e. The first-order valence-electron chi connectivity index (χ1n) is 10.8. The van der Waals surface area contributed by atoms with Crippen molar-refractivity contribution in [1.82, 2.24) is 15.5 Å². The predicted octanol–water partition coefficient (Wildman–Crippen LogP) is 2.24. The van der Waals surface area contributed by atoms with E-state index < -0.39 is 9.84 Å². The first-order valence-corrected chi connectivity index (χ1v) is 12.7. The molecule has 1 unspecified atom stereocenters. The number of hydrogen-bond acceptors (Lipinski definition) is 5. The monoisotopic (exact) mass is 423 g/mol. The van der Waals surface area contributed by atoms with Crippen molar-refractivity contribution in [3.05, 3.63) is 29.8 Å². The number of carbonyl (C=O) groups excluding carboxylic acids is 1. The van der Waals surface area contributed by atoms with Gasteiger partial charge in [0.2, 0.25) is 5.91 Å². The van der Waals surface area contributed by atoms with Gasteiger partial charge < -0.3 is 15.5 Å². The number of nitrogens with one attached hydrogen (secondary N) is 2. The molecule has 7 heteroatoms. The van der Waals surface area contributed by atoms with Crippen LogP contribution in [0.25, 0.3) is 0 Å². The third-order valence-electron chi connectivity index (χ3n) is 5.71. The Labute approximate surface area is 176 Å². The van der Waals surface area contributed by atoms with Crippen LogP contribution in [0.1, 0.15) is 45.1 Å². The fourth-order valence-electron chi connectivity index (χ4n) is 3.91. The average molecular weight is 424 g/mol. The molecule has 1 saturated heterocycles. The number of amides is 1. The molecule has 2 atom stereocenters. The molecule has 1 heterocycles. The van der Waals surface area contributed by atoms with E-state index in [-0.39, 0.29) is 5.91 Å². The highest BCUT2D eigenvalue weighted by atomic mass is 32.2. The lowest BCUT2D eigenvalue weighted by molar-refractivity contribution is -0.129. The van der Waals surface area contributed by atoms with Crippen LogP contribution in [0, 0.1) is 5.92 Å². The van der Waals surface area contributed by atoms with Gasteiger partial charge in [0.25, 0.3) is 0 Å². The smallest absolute Gasteiger partial charge is 0.236 e. The molecule has 6 nitrogen and oxygen atoms in total. The van der Waals surface area contributed by atoms with Gasteiger partial charge in [-0.1, -0.05) is 26.0 Å². The molecule has 1 aromatic carbocycles. The first-order chi connectivity index (χ1) is 13.8. The van der Waals surface area contributed by atoms with Gasteiger partial charge in [0.15, 0.2) is 9.84 Å². The van der Waals surface area contributed by atoms with E-state index in [0.29, 0.717) is 23.4 Å². The summed E-state index contributed by atoms with van der Waals surface area (Å²) in [6.07, 6.45) is 6.33. The van der Waals surface area contributed by atoms with Gasteiger partial charge in [0.1, 0.15) is 0 Å². The summed E-state index contributed by atoms with van der Waals surface area (Å²) in [7, 11) is -3.14. The lowest BCUT2D eigenvalue weighted by atomic mass is 9.92. The fraction of sp³-hybridized carbons (Fsp3) is 0.682. The fourth-order valence-corrected chi connectivity index (χ4v) is 4.54. The van der Waals surface area contributed by atoms with Crippen LogP contribution in [0.5, 0.6) is 0 Å². The highest BCUT2D eigenvalue weighted by Crippen LogP contribution is 2.17. The molecule has 164 valence electrons. The van der Waals surface area contributed by atoms with Crippen LogP contribution in [0.15, 0.2) is 29.2 Å². The number of sulfone groups is 1. The molecule has 0 aliphatic carbocycles. The highest BCUT2D eigenvalue weighted by Gasteiger charge is 2.17. The van der Waals surface area contributed by atoms with Crippen molar-refractivity contribution in [2.24, 2.45) is 5.92 Å². The van der Waals surface area contributed by atoms with Crippen LogP contribution >= 0.6 is 0 Å². The summed E-state index contributed by atoms with van der Waals surface area (Å²) in [5.41, 5.74) is 1.17. The Morgan fingerprint density at radius 3 is 2.59 bits per heavy atom. The molecule has 0 saturated carbocycles. The van der Waals surface area contributed by atoms with E-state index in [0.717, 1.165) is 58.3 Å². The zero-order valence-corrected chi connectivity index (χ0v) is 18.9. The molecule has 2 rings (SSSR count). The van der Waals surface area contributed by atoms with Crippen LogP contribution < -0.4 is 10.6 Å². The van der Waals surface area contributed by atoms with Crippen molar-refractivity contribution < 1.29 is 13.2 Å². The molecule has 0 spiro atoms. The van der Waals surface area contributed by atoms with Gasteiger partial charge in [0.05, 0.1) is 11.4 Å². The summed E-state index contributed by atoms with van der Waals surface area (Å²) in [6, 6.07) is 7.67. The van der Waals surface area contributed by atoms with Crippen molar-refractivity contribution in [2.45, 2.75) is 56.9 Å². The number of rotatable bonds is 11. The molecule has 1 aliphatic rings. The average Bonchev–Trinajstić information content (AvgIpc) is 2.88. The summed E-state index contributed by atoms with van der Waals surface area (Å²) in [4.78, 5) is 14.3. The van der Waals surface area contributed by atoms with Gasteiger partial charge in [-0.25, -0.2) is 8.42 Å². The molecule has 0 bridgehead atoms.